The fourth-order valence-electron chi connectivity index (χ4n) is 3.21. The molecule has 0 saturated carbocycles. The number of aryl methyl sites for hydroxylation is 1. The summed E-state index contributed by atoms with van der Waals surface area (Å²) >= 11 is 0. The van der Waals surface area contributed by atoms with Crippen LogP contribution in [0.1, 0.15) is 76.8 Å². The van der Waals surface area contributed by atoms with Crippen molar-refractivity contribution in [3.63, 3.8) is 0 Å². The van der Waals surface area contributed by atoms with Gasteiger partial charge in [0.25, 0.3) is 6.04 Å². The molecule has 37 heavy (non-hydrogen) atoms. The van der Waals surface area contributed by atoms with Gasteiger partial charge >= 0.3 is 11.9 Å². The van der Waals surface area contributed by atoms with Crippen LogP contribution in [0.3, 0.4) is 0 Å². The van der Waals surface area contributed by atoms with Gasteiger partial charge in [0.2, 0.25) is 16.7 Å². The molecule has 1 aromatic carbocycles. The highest BCUT2D eigenvalue weighted by molar-refractivity contribution is 7.80. The molecule has 1 heterocycles. The first-order chi connectivity index (χ1) is 17.7. The SMILES string of the molecule is CCCCCCCCOS(=O)(=O)[O-].CCCCOC(=O)[C@@H](C(=O)OCc1ccccc1)n1cc[n+](C)c1. The Kier molecular flexibility index (Phi) is 16.1. The Morgan fingerprint density at radius 1 is 0.919 bits per heavy atom. The number of benzene rings is 1. The molecule has 0 saturated heterocycles. The molecule has 1 aromatic heterocycles. The van der Waals surface area contributed by atoms with E-state index < -0.39 is 28.4 Å². The van der Waals surface area contributed by atoms with Gasteiger partial charge in [0.05, 0.1) is 20.3 Å². The number of nitrogens with zero attached hydrogens (tertiary/aromatic N) is 2. The van der Waals surface area contributed by atoms with Crippen molar-refractivity contribution in [3.8, 4) is 0 Å². The highest BCUT2D eigenvalue weighted by atomic mass is 32.3. The molecule has 0 fully saturated rings. The van der Waals surface area contributed by atoms with Gasteiger partial charge < -0.3 is 14.0 Å². The summed E-state index contributed by atoms with van der Waals surface area (Å²) in [6, 6.07) is 8.21. The number of hydrogen-bond acceptors (Lipinski definition) is 8. The van der Waals surface area contributed by atoms with Crippen molar-refractivity contribution in [1.82, 2.24) is 4.57 Å². The Bertz CT molecular complexity index is 1010. The highest BCUT2D eigenvalue weighted by Gasteiger charge is 2.36. The van der Waals surface area contributed by atoms with Gasteiger partial charge in [-0.3, -0.25) is 4.18 Å². The number of carbonyl (C=O) groups excluding carboxylic acids is 2. The number of esters is 2. The van der Waals surface area contributed by atoms with E-state index in [9.17, 15) is 22.6 Å². The van der Waals surface area contributed by atoms with Crippen molar-refractivity contribution in [2.75, 3.05) is 13.2 Å². The van der Waals surface area contributed by atoms with Crippen LogP contribution in [0, 0.1) is 0 Å². The van der Waals surface area contributed by atoms with Gasteiger partial charge in [-0.1, -0.05) is 82.7 Å². The average Bonchev–Trinajstić information content (AvgIpc) is 3.28. The lowest BCUT2D eigenvalue weighted by atomic mass is 10.1. The Morgan fingerprint density at radius 3 is 2.14 bits per heavy atom. The van der Waals surface area contributed by atoms with Gasteiger partial charge in [0.15, 0.2) is 0 Å². The van der Waals surface area contributed by atoms with Crippen molar-refractivity contribution in [1.29, 1.82) is 0 Å². The lowest BCUT2D eigenvalue weighted by Gasteiger charge is -2.13. The fourth-order valence-corrected chi connectivity index (χ4v) is 3.53. The standard InChI is InChI=1S/C18H23N2O4.C8H18O4S/c1-3-4-12-23-17(21)16(20-11-10-19(2)14-20)18(22)24-13-15-8-6-5-7-9-15;1-2-3-4-5-6-7-8-12-13(9,10)11/h5-11,14,16H,3-4,12-13H2,1-2H3;2-8H2,1H3,(H,9,10,11)/q+1;/p-1/t16-;/m0./s1. The van der Waals surface area contributed by atoms with E-state index in [0.29, 0.717) is 13.0 Å². The highest BCUT2D eigenvalue weighted by Crippen LogP contribution is 2.13. The van der Waals surface area contributed by atoms with Gasteiger partial charge in [0, 0.05) is 0 Å². The Morgan fingerprint density at radius 2 is 1.54 bits per heavy atom. The number of unbranched alkanes of at least 4 members (excludes halogenated alkanes) is 6. The van der Waals surface area contributed by atoms with Crippen LogP contribution in [0.2, 0.25) is 0 Å². The van der Waals surface area contributed by atoms with Crippen LogP contribution in [0.5, 0.6) is 0 Å². The second kappa shape index (κ2) is 18.5. The van der Waals surface area contributed by atoms with Crippen LogP contribution in [0.15, 0.2) is 49.1 Å². The molecular weight excluding hydrogens is 500 g/mol. The first-order valence-electron chi connectivity index (χ1n) is 12.7. The van der Waals surface area contributed by atoms with Crippen LogP contribution < -0.4 is 4.57 Å². The van der Waals surface area contributed by atoms with Crippen LogP contribution >= 0.6 is 0 Å². The zero-order chi connectivity index (χ0) is 27.5. The summed E-state index contributed by atoms with van der Waals surface area (Å²) < 4.78 is 47.8. The van der Waals surface area contributed by atoms with E-state index in [2.05, 4.69) is 11.1 Å². The number of ether oxygens (including phenoxy) is 2. The first-order valence-corrected chi connectivity index (χ1v) is 14.0. The van der Waals surface area contributed by atoms with E-state index in [1.807, 2.05) is 44.3 Å². The second-order valence-corrected chi connectivity index (χ2v) is 9.59. The van der Waals surface area contributed by atoms with E-state index in [4.69, 9.17) is 9.47 Å². The van der Waals surface area contributed by atoms with Gasteiger partial charge in [-0.05, 0) is 18.4 Å². The lowest BCUT2D eigenvalue weighted by molar-refractivity contribution is -0.671. The molecule has 0 N–H and O–H groups in total. The number of rotatable bonds is 16. The van der Waals surface area contributed by atoms with Crippen molar-refractivity contribution in [2.24, 2.45) is 7.05 Å². The predicted molar refractivity (Wildman–Crippen MR) is 136 cm³/mol. The molecule has 10 nitrogen and oxygen atoms in total. The molecule has 11 heteroatoms. The lowest BCUT2D eigenvalue weighted by Crippen LogP contribution is -2.32. The molecule has 0 aliphatic rings. The minimum atomic E-state index is -4.47. The molecule has 0 radical (unpaired) electrons. The molecule has 0 bridgehead atoms. The maximum Gasteiger partial charge on any atom is 0.364 e. The zero-order valence-corrected chi connectivity index (χ0v) is 22.9. The summed E-state index contributed by atoms with van der Waals surface area (Å²) in [7, 11) is -2.66. The molecule has 0 unspecified atom stereocenters. The monoisotopic (exact) mass is 540 g/mol. The van der Waals surface area contributed by atoms with E-state index in [1.54, 1.807) is 23.3 Å². The van der Waals surface area contributed by atoms with Crippen molar-refractivity contribution in [3.05, 3.63) is 54.6 Å². The van der Waals surface area contributed by atoms with Crippen LogP contribution in [-0.4, -0.2) is 42.7 Å². The van der Waals surface area contributed by atoms with Crippen molar-refractivity contribution in [2.45, 2.75) is 77.9 Å². The van der Waals surface area contributed by atoms with Gasteiger partial charge in [-0.2, -0.15) is 0 Å². The number of aromatic nitrogens is 2. The van der Waals surface area contributed by atoms with E-state index in [0.717, 1.165) is 31.2 Å². The minimum Gasteiger partial charge on any atom is -0.726 e. The number of carbonyl (C=O) groups is 2. The summed E-state index contributed by atoms with van der Waals surface area (Å²) in [6.07, 6.45) is 12.9. The third-order valence-electron chi connectivity index (χ3n) is 5.23. The summed E-state index contributed by atoms with van der Waals surface area (Å²) in [5.74, 6) is -1.23. The molecule has 0 amide bonds. The summed E-state index contributed by atoms with van der Waals surface area (Å²) in [4.78, 5) is 24.8. The van der Waals surface area contributed by atoms with Crippen molar-refractivity contribution >= 4 is 22.3 Å². The smallest absolute Gasteiger partial charge is 0.364 e. The van der Waals surface area contributed by atoms with Crippen LogP contribution in [-0.2, 0) is 47.3 Å². The fraction of sp³-hybridized carbons (Fsp3) is 0.577. The molecule has 1 atom stereocenters. The molecular formula is C26H40N2O8S. The molecule has 2 aromatic rings. The van der Waals surface area contributed by atoms with E-state index >= 15 is 0 Å². The second-order valence-electron chi connectivity index (χ2n) is 8.54. The topological polar surface area (TPSA) is 128 Å². The normalized spacial score (nSPS) is 11.8. The van der Waals surface area contributed by atoms with Crippen molar-refractivity contribution < 1.29 is 40.8 Å². The molecule has 0 aliphatic carbocycles. The molecule has 0 aliphatic heterocycles. The quantitative estimate of drug-likeness (QED) is 0.0786. The third-order valence-corrected chi connectivity index (χ3v) is 5.68. The average molecular weight is 541 g/mol. The maximum atomic E-state index is 12.4. The van der Waals surface area contributed by atoms with Gasteiger partial charge in [0.1, 0.15) is 19.0 Å². The zero-order valence-electron chi connectivity index (χ0n) is 22.0. The Balaban J connectivity index is 0.000000448. The van der Waals surface area contributed by atoms with Gasteiger partial charge in [-0.15, -0.1) is 0 Å². The minimum absolute atomic E-state index is 0.0258. The molecule has 0 spiro atoms. The summed E-state index contributed by atoms with van der Waals surface area (Å²) in [6.45, 7) is 4.58. The Hall–Kier alpha value is -2.76. The third kappa shape index (κ3) is 15.2. The van der Waals surface area contributed by atoms with Gasteiger partial charge in [-0.25, -0.2) is 27.1 Å². The Labute approximate surface area is 220 Å². The summed E-state index contributed by atoms with van der Waals surface area (Å²) in [5, 5.41) is 0. The molecule has 208 valence electrons. The largest absolute Gasteiger partial charge is 0.726 e. The predicted octanol–water partition coefficient (Wildman–Crippen LogP) is 3.76. The first kappa shape index (κ1) is 32.3. The molecule has 2 rings (SSSR count). The van der Waals surface area contributed by atoms with E-state index in [-0.39, 0.29) is 13.2 Å². The van der Waals surface area contributed by atoms with E-state index in [1.165, 1.54) is 23.8 Å². The maximum absolute atomic E-state index is 12.4. The number of imidazole rings is 1. The number of hydrogen-bond donors (Lipinski definition) is 0. The van der Waals surface area contributed by atoms with Crippen LogP contribution in [0.4, 0.5) is 0 Å². The summed E-state index contributed by atoms with van der Waals surface area (Å²) in [5.41, 5.74) is 0.863. The van der Waals surface area contributed by atoms with Crippen LogP contribution in [0.25, 0.3) is 0 Å².